The van der Waals surface area contributed by atoms with Crippen molar-refractivity contribution in [2.24, 2.45) is 0 Å². The Bertz CT molecular complexity index is 497. The highest BCUT2D eigenvalue weighted by Gasteiger charge is 2.28. The molecule has 1 aromatic heterocycles. The van der Waals surface area contributed by atoms with Crippen molar-refractivity contribution in [1.82, 2.24) is 15.0 Å². The Balaban J connectivity index is 1.51. The first kappa shape index (κ1) is 15.5. The highest BCUT2D eigenvalue weighted by Crippen LogP contribution is 2.26. The van der Waals surface area contributed by atoms with E-state index in [1.807, 2.05) is 11.8 Å². The van der Waals surface area contributed by atoms with Crippen molar-refractivity contribution in [2.45, 2.75) is 63.9 Å². The van der Waals surface area contributed by atoms with Crippen molar-refractivity contribution in [3.8, 4) is 0 Å². The van der Waals surface area contributed by atoms with Gasteiger partial charge in [0.1, 0.15) is 0 Å². The SMILES string of the molecule is CCc1nc([C@H]2CCCN(C(=O)CC[C@@H]3CCCO3)C2)no1. The summed E-state index contributed by atoms with van der Waals surface area (Å²) < 4.78 is 10.8. The van der Waals surface area contributed by atoms with E-state index in [2.05, 4.69) is 10.1 Å². The van der Waals surface area contributed by atoms with E-state index < -0.39 is 0 Å². The van der Waals surface area contributed by atoms with Crippen LogP contribution < -0.4 is 0 Å². The number of hydrogen-bond acceptors (Lipinski definition) is 5. The maximum atomic E-state index is 12.4. The van der Waals surface area contributed by atoms with Crippen LogP contribution in [0.4, 0.5) is 0 Å². The van der Waals surface area contributed by atoms with Crippen molar-refractivity contribution in [2.75, 3.05) is 19.7 Å². The number of carbonyl (C=O) groups excluding carboxylic acids is 1. The molecule has 2 aliphatic rings. The van der Waals surface area contributed by atoms with Crippen LogP contribution in [0.5, 0.6) is 0 Å². The molecule has 1 aromatic rings. The smallest absolute Gasteiger partial charge is 0.226 e. The van der Waals surface area contributed by atoms with Gasteiger partial charge in [-0.3, -0.25) is 4.79 Å². The number of hydrogen-bond donors (Lipinski definition) is 0. The fourth-order valence-electron chi connectivity index (χ4n) is 3.31. The molecular weight excluding hydrogens is 282 g/mol. The van der Waals surface area contributed by atoms with Gasteiger partial charge in [0.15, 0.2) is 5.82 Å². The molecule has 0 aromatic carbocycles. The van der Waals surface area contributed by atoms with Crippen molar-refractivity contribution >= 4 is 5.91 Å². The van der Waals surface area contributed by atoms with E-state index in [1.54, 1.807) is 0 Å². The Morgan fingerprint density at radius 3 is 3.00 bits per heavy atom. The van der Waals surface area contributed by atoms with E-state index in [0.29, 0.717) is 18.9 Å². The van der Waals surface area contributed by atoms with E-state index in [9.17, 15) is 4.79 Å². The second-order valence-corrected chi connectivity index (χ2v) is 6.25. The van der Waals surface area contributed by atoms with E-state index in [1.165, 1.54) is 0 Å². The number of aryl methyl sites for hydroxylation is 1. The van der Waals surface area contributed by atoms with Gasteiger partial charge in [0.05, 0.1) is 6.10 Å². The quantitative estimate of drug-likeness (QED) is 0.835. The Labute approximate surface area is 131 Å². The predicted octanol–water partition coefficient (Wildman–Crippen LogP) is 2.30. The third-order valence-electron chi connectivity index (χ3n) is 4.63. The maximum Gasteiger partial charge on any atom is 0.226 e. The standard InChI is InChI=1S/C16H25N3O3/c1-2-14-17-16(18-22-14)12-5-3-9-19(11-12)15(20)8-7-13-6-4-10-21-13/h12-13H,2-11H2,1H3/t12-,13-/m0/s1. The third kappa shape index (κ3) is 3.66. The minimum Gasteiger partial charge on any atom is -0.378 e. The summed E-state index contributed by atoms with van der Waals surface area (Å²) in [6.07, 6.45) is 6.73. The van der Waals surface area contributed by atoms with Crippen molar-refractivity contribution in [3.05, 3.63) is 11.7 Å². The number of piperidine rings is 1. The highest BCUT2D eigenvalue weighted by molar-refractivity contribution is 5.76. The monoisotopic (exact) mass is 307 g/mol. The number of rotatable bonds is 5. The minimum absolute atomic E-state index is 0.212. The van der Waals surface area contributed by atoms with Crippen LogP contribution in [0.2, 0.25) is 0 Å². The molecule has 0 unspecified atom stereocenters. The van der Waals surface area contributed by atoms with Gasteiger partial charge in [0.2, 0.25) is 11.8 Å². The van der Waals surface area contributed by atoms with Gasteiger partial charge >= 0.3 is 0 Å². The second-order valence-electron chi connectivity index (χ2n) is 6.25. The molecule has 0 saturated carbocycles. The molecule has 0 N–H and O–H groups in total. The number of amides is 1. The number of ether oxygens (including phenoxy) is 1. The Kier molecular flexibility index (Phi) is 5.08. The van der Waals surface area contributed by atoms with Crippen LogP contribution in [0.1, 0.15) is 63.1 Å². The van der Waals surface area contributed by atoms with Gasteiger partial charge in [-0.2, -0.15) is 4.98 Å². The average molecular weight is 307 g/mol. The molecule has 2 fully saturated rings. The van der Waals surface area contributed by atoms with Gasteiger partial charge < -0.3 is 14.2 Å². The summed E-state index contributed by atoms with van der Waals surface area (Å²) >= 11 is 0. The van der Waals surface area contributed by atoms with E-state index in [4.69, 9.17) is 9.26 Å². The fraction of sp³-hybridized carbons (Fsp3) is 0.812. The molecule has 1 amide bonds. The van der Waals surface area contributed by atoms with Gasteiger partial charge in [-0.1, -0.05) is 12.1 Å². The van der Waals surface area contributed by atoms with Crippen LogP contribution >= 0.6 is 0 Å². The van der Waals surface area contributed by atoms with Crippen LogP contribution in [-0.2, 0) is 16.0 Å². The lowest BCUT2D eigenvalue weighted by atomic mass is 9.97. The predicted molar refractivity (Wildman–Crippen MR) is 80.4 cm³/mol. The van der Waals surface area contributed by atoms with E-state index >= 15 is 0 Å². The summed E-state index contributed by atoms with van der Waals surface area (Å²) in [6.45, 7) is 4.41. The molecule has 3 rings (SSSR count). The van der Waals surface area contributed by atoms with Crippen LogP contribution in [0.25, 0.3) is 0 Å². The molecule has 122 valence electrons. The summed E-state index contributed by atoms with van der Waals surface area (Å²) in [5.74, 6) is 1.88. The van der Waals surface area contributed by atoms with Crippen molar-refractivity contribution in [1.29, 1.82) is 0 Å². The first-order valence-electron chi connectivity index (χ1n) is 8.48. The largest absolute Gasteiger partial charge is 0.378 e. The average Bonchev–Trinajstić information content (AvgIpc) is 3.24. The molecular formula is C16H25N3O3. The molecule has 2 saturated heterocycles. The van der Waals surface area contributed by atoms with Crippen molar-refractivity contribution in [3.63, 3.8) is 0 Å². The van der Waals surface area contributed by atoms with E-state index in [0.717, 1.165) is 57.5 Å². The molecule has 0 aliphatic carbocycles. The zero-order valence-corrected chi connectivity index (χ0v) is 13.3. The third-order valence-corrected chi connectivity index (χ3v) is 4.63. The normalized spacial score (nSPS) is 25.6. The van der Waals surface area contributed by atoms with Crippen LogP contribution in [0.3, 0.4) is 0 Å². The Morgan fingerprint density at radius 2 is 2.27 bits per heavy atom. The van der Waals surface area contributed by atoms with E-state index in [-0.39, 0.29) is 17.9 Å². The lowest BCUT2D eigenvalue weighted by molar-refractivity contribution is -0.133. The summed E-state index contributed by atoms with van der Waals surface area (Å²) in [6, 6.07) is 0. The minimum atomic E-state index is 0.212. The Hall–Kier alpha value is -1.43. The molecule has 0 bridgehead atoms. The maximum absolute atomic E-state index is 12.4. The van der Waals surface area contributed by atoms with Gasteiger partial charge in [0.25, 0.3) is 0 Å². The zero-order valence-electron chi connectivity index (χ0n) is 13.3. The second kappa shape index (κ2) is 7.22. The molecule has 0 radical (unpaired) electrons. The van der Waals surface area contributed by atoms with Crippen molar-refractivity contribution < 1.29 is 14.1 Å². The molecule has 2 atom stereocenters. The van der Waals surface area contributed by atoms with Gasteiger partial charge in [-0.25, -0.2) is 0 Å². The summed E-state index contributed by atoms with van der Waals surface area (Å²) in [7, 11) is 0. The van der Waals surface area contributed by atoms with Crippen LogP contribution in [-0.4, -0.2) is 46.7 Å². The summed E-state index contributed by atoms with van der Waals surface area (Å²) in [5, 5.41) is 4.07. The topological polar surface area (TPSA) is 68.5 Å². The summed E-state index contributed by atoms with van der Waals surface area (Å²) in [4.78, 5) is 18.8. The number of likely N-dealkylation sites (tertiary alicyclic amines) is 1. The molecule has 6 nitrogen and oxygen atoms in total. The first-order chi connectivity index (χ1) is 10.8. The lowest BCUT2D eigenvalue weighted by Crippen LogP contribution is -2.39. The molecule has 2 aliphatic heterocycles. The van der Waals surface area contributed by atoms with Crippen LogP contribution in [0, 0.1) is 0 Å². The number of nitrogens with zero attached hydrogens (tertiary/aromatic N) is 3. The van der Waals surface area contributed by atoms with Gasteiger partial charge in [0, 0.05) is 38.5 Å². The zero-order chi connectivity index (χ0) is 15.4. The molecule has 3 heterocycles. The highest BCUT2D eigenvalue weighted by atomic mass is 16.5. The fourth-order valence-corrected chi connectivity index (χ4v) is 3.31. The number of carbonyl (C=O) groups is 1. The van der Waals surface area contributed by atoms with Crippen LogP contribution in [0.15, 0.2) is 4.52 Å². The number of aromatic nitrogens is 2. The molecule has 0 spiro atoms. The lowest BCUT2D eigenvalue weighted by Gasteiger charge is -2.31. The Morgan fingerprint density at radius 1 is 1.36 bits per heavy atom. The first-order valence-corrected chi connectivity index (χ1v) is 8.48. The summed E-state index contributed by atoms with van der Waals surface area (Å²) in [5.41, 5.74) is 0. The van der Waals surface area contributed by atoms with Gasteiger partial charge in [-0.05, 0) is 32.1 Å². The van der Waals surface area contributed by atoms with Gasteiger partial charge in [-0.15, -0.1) is 0 Å². The molecule has 22 heavy (non-hydrogen) atoms. The molecule has 6 heteroatoms.